The molecule has 170 valence electrons. The Balaban J connectivity index is 1.44. The van der Waals surface area contributed by atoms with Crippen LogP contribution in [0.4, 0.5) is 0 Å². The summed E-state index contributed by atoms with van der Waals surface area (Å²) >= 11 is 0. The van der Waals surface area contributed by atoms with Crippen LogP contribution in [0.2, 0.25) is 0 Å². The molecule has 2 amide bonds. The first kappa shape index (κ1) is 21.2. The van der Waals surface area contributed by atoms with Gasteiger partial charge in [0.15, 0.2) is 0 Å². The smallest absolute Gasteiger partial charge is 0.329 e. The van der Waals surface area contributed by atoms with Gasteiger partial charge in [0.05, 0.1) is 18.2 Å². The zero-order valence-electron chi connectivity index (χ0n) is 18.1. The number of carbonyl (C=O) groups is 3. The minimum Gasteiger partial charge on any atom is -0.464 e. The summed E-state index contributed by atoms with van der Waals surface area (Å²) in [7, 11) is 0. The first-order valence-corrected chi connectivity index (χ1v) is 11.3. The summed E-state index contributed by atoms with van der Waals surface area (Å²) in [5.74, 6) is -0.632. The molecule has 1 aromatic rings. The lowest BCUT2D eigenvalue weighted by molar-refractivity contribution is -0.166. The number of hydrogen-bond acceptors (Lipinski definition) is 6. The number of fused-ring (bicyclic) bond motifs is 1. The van der Waals surface area contributed by atoms with E-state index >= 15 is 0 Å². The van der Waals surface area contributed by atoms with Crippen LogP contribution in [0.3, 0.4) is 0 Å². The Morgan fingerprint density at radius 3 is 2.66 bits per heavy atom. The molecule has 3 saturated heterocycles. The van der Waals surface area contributed by atoms with Gasteiger partial charge in [0, 0.05) is 25.6 Å². The maximum Gasteiger partial charge on any atom is 0.329 e. The second-order valence-corrected chi connectivity index (χ2v) is 9.27. The molecule has 8 nitrogen and oxygen atoms in total. The van der Waals surface area contributed by atoms with Crippen molar-refractivity contribution in [1.29, 1.82) is 0 Å². The molecule has 0 bridgehead atoms. The number of rotatable bonds is 5. The number of aliphatic hydroxyl groups excluding tert-OH is 1. The highest BCUT2D eigenvalue weighted by atomic mass is 16.5. The highest BCUT2D eigenvalue weighted by molar-refractivity contribution is 5.90. The highest BCUT2D eigenvalue weighted by Crippen LogP contribution is 2.48. The van der Waals surface area contributed by atoms with E-state index in [1.165, 1.54) is 6.08 Å². The van der Waals surface area contributed by atoms with Crippen LogP contribution in [0.25, 0.3) is 0 Å². The van der Waals surface area contributed by atoms with Crippen LogP contribution in [0.5, 0.6) is 0 Å². The fourth-order valence-corrected chi connectivity index (χ4v) is 5.68. The maximum absolute atomic E-state index is 13.9. The summed E-state index contributed by atoms with van der Waals surface area (Å²) in [5.41, 5.74) is 0.315. The number of hydrogen-bond donors (Lipinski definition) is 1. The standard InChI is InChI=1S/C24H29N3O5/c1-2-19(28)27-13-12-25(23(31)24(27)9-10-24)18(14-16-6-4-3-5-7-16)21(29)26-11-8-17-15-32-22(30)20(17)26/h2-7,17-18,20,23,31H,1,8-15H2/t17-,18-,20-,23?/m0/s1. The van der Waals surface area contributed by atoms with E-state index in [2.05, 4.69) is 6.58 Å². The van der Waals surface area contributed by atoms with Crippen molar-refractivity contribution in [2.24, 2.45) is 5.92 Å². The van der Waals surface area contributed by atoms with Gasteiger partial charge >= 0.3 is 5.97 Å². The van der Waals surface area contributed by atoms with Crippen molar-refractivity contribution < 1.29 is 24.2 Å². The SMILES string of the molecule is C=CC(=O)N1CCN([C@@H](Cc2ccccc2)C(=O)N2CC[C@H]3COC(=O)[C@H]32)C(O)C12CC2. The van der Waals surface area contributed by atoms with Crippen LogP contribution >= 0.6 is 0 Å². The molecule has 1 aliphatic carbocycles. The van der Waals surface area contributed by atoms with Gasteiger partial charge in [-0.1, -0.05) is 36.9 Å². The lowest BCUT2D eigenvalue weighted by Crippen LogP contribution is -2.67. The number of likely N-dealkylation sites (tertiary alicyclic amines) is 1. The zero-order chi connectivity index (χ0) is 22.5. The Morgan fingerprint density at radius 1 is 1.22 bits per heavy atom. The van der Waals surface area contributed by atoms with Crippen LogP contribution in [0.15, 0.2) is 43.0 Å². The van der Waals surface area contributed by atoms with Gasteiger partial charge in [0.25, 0.3) is 0 Å². The average molecular weight is 440 g/mol. The largest absolute Gasteiger partial charge is 0.464 e. The van der Waals surface area contributed by atoms with Gasteiger partial charge in [-0.05, 0) is 37.3 Å². The number of carbonyl (C=O) groups excluding carboxylic acids is 3. The van der Waals surface area contributed by atoms with Crippen molar-refractivity contribution >= 4 is 17.8 Å². The van der Waals surface area contributed by atoms with Gasteiger partial charge in [-0.15, -0.1) is 0 Å². The predicted octanol–water partition coefficient (Wildman–Crippen LogP) is 0.553. The quantitative estimate of drug-likeness (QED) is 0.533. The van der Waals surface area contributed by atoms with Crippen LogP contribution in [0.1, 0.15) is 24.8 Å². The normalized spacial score (nSPS) is 29.5. The first-order chi connectivity index (χ1) is 15.5. The molecule has 1 unspecified atom stereocenters. The zero-order valence-corrected chi connectivity index (χ0v) is 18.1. The monoisotopic (exact) mass is 439 g/mol. The van der Waals surface area contributed by atoms with Crippen LogP contribution in [-0.4, -0.2) is 87.7 Å². The molecule has 4 fully saturated rings. The Hall–Kier alpha value is -2.71. The molecule has 1 spiro atoms. The molecule has 0 radical (unpaired) electrons. The molecule has 4 atom stereocenters. The van der Waals surface area contributed by atoms with E-state index < -0.39 is 23.9 Å². The topological polar surface area (TPSA) is 90.4 Å². The van der Waals surface area contributed by atoms with Gasteiger partial charge in [-0.2, -0.15) is 0 Å². The second kappa shape index (κ2) is 8.01. The van der Waals surface area contributed by atoms with Crippen molar-refractivity contribution in [2.75, 3.05) is 26.2 Å². The number of piperazine rings is 1. The molecule has 1 saturated carbocycles. The van der Waals surface area contributed by atoms with Gasteiger partial charge in [-0.3, -0.25) is 14.5 Å². The Kier molecular flexibility index (Phi) is 5.29. The van der Waals surface area contributed by atoms with E-state index in [1.54, 1.807) is 9.80 Å². The minimum atomic E-state index is -0.952. The Bertz CT molecular complexity index is 931. The third kappa shape index (κ3) is 3.33. The van der Waals surface area contributed by atoms with E-state index in [1.807, 2.05) is 35.2 Å². The minimum absolute atomic E-state index is 0.0468. The van der Waals surface area contributed by atoms with Gasteiger partial charge in [-0.25, -0.2) is 4.79 Å². The van der Waals surface area contributed by atoms with E-state index in [9.17, 15) is 19.5 Å². The first-order valence-electron chi connectivity index (χ1n) is 11.3. The summed E-state index contributed by atoms with van der Waals surface area (Å²) in [4.78, 5) is 43.8. The molecule has 1 N–H and O–H groups in total. The summed E-state index contributed by atoms with van der Waals surface area (Å²) in [6.07, 6.45) is 2.88. The van der Waals surface area contributed by atoms with Crippen LogP contribution in [-0.2, 0) is 25.5 Å². The molecule has 5 rings (SSSR count). The fourth-order valence-electron chi connectivity index (χ4n) is 5.68. The lowest BCUT2D eigenvalue weighted by atomic mass is 9.98. The molecular weight excluding hydrogens is 410 g/mol. The van der Waals surface area contributed by atoms with Crippen molar-refractivity contribution in [3.8, 4) is 0 Å². The Labute approximate surface area is 187 Å². The number of nitrogens with zero attached hydrogens (tertiary/aromatic N) is 3. The molecule has 3 heterocycles. The number of benzene rings is 1. The molecule has 1 aromatic carbocycles. The lowest BCUT2D eigenvalue weighted by Gasteiger charge is -2.48. The van der Waals surface area contributed by atoms with Gasteiger partial charge in [0.1, 0.15) is 12.3 Å². The van der Waals surface area contributed by atoms with E-state index in [-0.39, 0.29) is 23.7 Å². The number of amides is 2. The summed E-state index contributed by atoms with van der Waals surface area (Å²) in [6, 6.07) is 8.55. The summed E-state index contributed by atoms with van der Waals surface area (Å²) in [6.45, 7) is 5.27. The number of ether oxygens (including phenoxy) is 1. The van der Waals surface area contributed by atoms with E-state index in [0.29, 0.717) is 45.5 Å². The predicted molar refractivity (Wildman–Crippen MR) is 115 cm³/mol. The number of aliphatic hydroxyl groups is 1. The van der Waals surface area contributed by atoms with Gasteiger partial charge < -0.3 is 19.6 Å². The second-order valence-electron chi connectivity index (χ2n) is 9.27. The molecule has 32 heavy (non-hydrogen) atoms. The van der Waals surface area contributed by atoms with Crippen molar-refractivity contribution in [3.63, 3.8) is 0 Å². The maximum atomic E-state index is 13.9. The van der Waals surface area contributed by atoms with Crippen molar-refractivity contribution in [2.45, 2.75) is 49.5 Å². The molecule has 3 aliphatic heterocycles. The number of esters is 1. The summed E-state index contributed by atoms with van der Waals surface area (Å²) in [5, 5.41) is 11.4. The number of cyclic esters (lactones) is 1. The van der Waals surface area contributed by atoms with Crippen LogP contribution in [0, 0.1) is 5.92 Å². The highest BCUT2D eigenvalue weighted by Gasteiger charge is 2.61. The van der Waals surface area contributed by atoms with Gasteiger partial charge in [0.2, 0.25) is 11.8 Å². The molecule has 8 heteroatoms. The van der Waals surface area contributed by atoms with Crippen molar-refractivity contribution in [1.82, 2.24) is 14.7 Å². The van der Waals surface area contributed by atoms with Crippen molar-refractivity contribution in [3.05, 3.63) is 48.6 Å². The van der Waals surface area contributed by atoms with E-state index in [0.717, 1.165) is 12.0 Å². The fraction of sp³-hybridized carbons (Fsp3) is 0.542. The summed E-state index contributed by atoms with van der Waals surface area (Å²) < 4.78 is 5.21. The van der Waals surface area contributed by atoms with Crippen LogP contribution < -0.4 is 0 Å². The third-order valence-corrected chi connectivity index (χ3v) is 7.56. The molecule has 4 aliphatic rings. The average Bonchev–Trinajstić information content (AvgIpc) is 3.34. The van der Waals surface area contributed by atoms with E-state index in [4.69, 9.17) is 4.74 Å². The Morgan fingerprint density at radius 2 is 1.97 bits per heavy atom. The third-order valence-electron chi connectivity index (χ3n) is 7.56. The molecule has 0 aromatic heterocycles. The molecular formula is C24H29N3O5.